The van der Waals surface area contributed by atoms with Gasteiger partial charge in [0.05, 0.1) is 11.0 Å². The van der Waals surface area contributed by atoms with Gasteiger partial charge in [-0.05, 0) is 5.92 Å². The van der Waals surface area contributed by atoms with Crippen LogP contribution in [0.3, 0.4) is 0 Å². The zero-order valence-electron chi connectivity index (χ0n) is 14.3. The van der Waals surface area contributed by atoms with Crippen LogP contribution in [0, 0.1) is 16.0 Å². The molecule has 0 bridgehead atoms. The van der Waals surface area contributed by atoms with Crippen molar-refractivity contribution in [2.24, 2.45) is 5.92 Å². The highest BCUT2D eigenvalue weighted by atomic mass is 16.6. The number of carbonyl (C=O) groups excluding carboxylic acids is 1. The zero-order chi connectivity index (χ0) is 18.7. The first-order chi connectivity index (χ1) is 12.4. The van der Waals surface area contributed by atoms with Gasteiger partial charge >= 0.3 is 5.97 Å². The second kappa shape index (κ2) is 7.38. The van der Waals surface area contributed by atoms with Crippen molar-refractivity contribution in [3.05, 3.63) is 39.5 Å². The third-order valence-corrected chi connectivity index (χ3v) is 3.50. The first-order valence-corrected chi connectivity index (χ1v) is 8.00. The summed E-state index contributed by atoms with van der Waals surface area (Å²) in [7, 11) is 0. The Bertz CT molecular complexity index is 831. The smallest absolute Gasteiger partial charge is 0.345 e. The average molecular weight is 363 g/mol. The molecule has 2 aromatic rings. The summed E-state index contributed by atoms with van der Waals surface area (Å²) in [5, 5.41) is 15.0. The van der Waals surface area contributed by atoms with Gasteiger partial charge in [0.2, 0.25) is 0 Å². The van der Waals surface area contributed by atoms with E-state index < -0.39 is 16.6 Å². The number of benzene rings is 1. The second-order valence-electron chi connectivity index (χ2n) is 6.05. The fourth-order valence-corrected chi connectivity index (χ4v) is 2.39. The van der Waals surface area contributed by atoms with Gasteiger partial charge in [-0.2, -0.15) is 4.98 Å². The largest absolute Gasteiger partial charge is 0.486 e. The standard InChI is InChI=1S/C16H17N3O7/c1-9(2)5-14-17-15(26-18-14)8-25-16(20)10-6-12-13(24-4-3-23-12)7-11(10)19(21)22/h6-7,9H,3-5,8H2,1-2H3. The predicted octanol–water partition coefficient (Wildman–Crippen LogP) is 2.30. The molecule has 2 heterocycles. The molecule has 10 nitrogen and oxygen atoms in total. The fourth-order valence-electron chi connectivity index (χ4n) is 2.39. The number of hydrogen-bond donors (Lipinski definition) is 0. The maximum atomic E-state index is 12.3. The van der Waals surface area contributed by atoms with Gasteiger partial charge < -0.3 is 18.7 Å². The molecule has 0 saturated carbocycles. The van der Waals surface area contributed by atoms with Crippen LogP contribution in [0.15, 0.2) is 16.7 Å². The van der Waals surface area contributed by atoms with Crippen LogP contribution in [-0.4, -0.2) is 34.2 Å². The minimum absolute atomic E-state index is 0.120. The molecular weight excluding hydrogens is 346 g/mol. The Balaban J connectivity index is 1.74. The SMILES string of the molecule is CC(C)Cc1noc(COC(=O)c2cc3c(cc2[N+](=O)[O-])OCCO3)n1. The molecule has 1 aromatic heterocycles. The van der Waals surface area contributed by atoms with Crippen molar-refractivity contribution < 1.29 is 28.5 Å². The number of ether oxygens (including phenoxy) is 3. The Hall–Kier alpha value is -3.17. The Morgan fingerprint density at radius 1 is 1.31 bits per heavy atom. The molecule has 0 radical (unpaired) electrons. The molecule has 1 aliphatic rings. The van der Waals surface area contributed by atoms with Gasteiger partial charge in [0.25, 0.3) is 11.6 Å². The summed E-state index contributed by atoms with van der Waals surface area (Å²) in [5.41, 5.74) is -0.661. The lowest BCUT2D eigenvalue weighted by molar-refractivity contribution is -0.385. The van der Waals surface area contributed by atoms with Crippen molar-refractivity contribution >= 4 is 11.7 Å². The molecule has 10 heteroatoms. The van der Waals surface area contributed by atoms with Gasteiger partial charge in [-0.25, -0.2) is 4.79 Å². The first kappa shape index (κ1) is 17.6. The van der Waals surface area contributed by atoms with Crippen LogP contribution < -0.4 is 9.47 Å². The Labute approximate surface area is 148 Å². The molecule has 26 heavy (non-hydrogen) atoms. The number of nitrogens with zero attached hydrogens (tertiary/aromatic N) is 3. The fraction of sp³-hybridized carbons (Fsp3) is 0.438. The molecule has 0 unspecified atom stereocenters. The monoisotopic (exact) mass is 363 g/mol. The van der Waals surface area contributed by atoms with Gasteiger partial charge in [-0.1, -0.05) is 19.0 Å². The molecule has 0 N–H and O–H groups in total. The highest BCUT2D eigenvalue weighted by Gasteiger charge is 2.27. The average Bonchev–Trinajstić information content (AvgIpc) is 3.05. The minimum Gasteiger partial charge on any atom is -0.486 e. The Morgan fingerprint density at radius 2 is 2.00 bits per heavy atom. The third kappa shape index (κ3) is 3.90. The molecule has 138 valence electrons. The number of aromatic nitrogens is 2. The van der Waals surface area contributed by atoms with Crippen LogP contribution in [0.4, 0.5) is 5.69 Å². The molecule has 0 atom stereocenters. The lowest BCUT2D eigenvalue weighted by Crippen LogP contribution is -2.17. The molecule has 0 saturated heterocycles. The summed E-state index contributed by atoms with van der Waals surface area (Å²) < 4.78 is 20.7. The van der Waals surface area contributed by atoms with Crippen LogP contribution in [-0.2, 0) is 17.8 Å². The van der Waals surface area contributed by atoms with Gasteiger partial charge in [-0.3, -0.25) is 10.1 Å². The normalized spacial score (nSPS) is 12.9. The Morgan fingerprint density at radius 3 is 2.65 bits per heavy atom. The highest BCUT2D eigenvalue weighted by Crippen LogP contribution is 2.36. The van der Waals surface area contributed by atoms with Crippen molar-refractivity contribution in [2.45, 2.75) is 26.9 Å². The van der Waals surface area contributed by atoms with E-state index >= 15 is 0 Å². The van der Waals surface area contributed by atoms with Crippen molar-refractivity contribution in [1.82, 2.24) is 10.1 Å². The molecule has 0 aliphatic carbocycles. The van der Waals surface area contributed by atoms with E-state index in [2.05, 4.69) is 10.1 Å². The summed E-state index contributed by atoms with van der Waals surface area (Å²) in [4.78, 5) is 27.0. The van der Waals surface area contributed by atoms with Crippen LogP contribution in [0.25, 0.3) is 0 Å². The van der Waals surface area contributed by atoms with Crippen LogP contribution >= 0.6 is 0 Å². The number of hydrogen-bond acceptors (Lipinski definition) is 9. The zero-order valence-corrected chi connectivity index (χ0v) is 14.3. The van der Waals surface area contributed by atoms with Gasteiger partial charge in [0, 0.05) is 12.5 Å². The molecule has 0 amide bonds. The number of carbonyl (C=O) groups is 1. The predicted molar refractivity (Wildman–Crippen MR) is 86.0 cm³/mol. The van der Waals surface area contributed by atoms with E-state index in [-0.39, 0.29) is 36.2 Å². The van der Waals surface area contributed by atoms with Gasteiger partial charge in [0.1, 0.15) is 18.8 Å². The number of rotatable bonds is 6. The van der Waals surface area contributed by atoms with E-state index in [1.807, 2.05) is 13.8 Å². The van der Waals surface area contributed by atoms with E-state index in [0.717, 1.165) is 6.07 Å². The lowest BCUT2D eigenvalue weighted by Gasteiger charge is -2.18. The second-order valence-corrected chi connectivity index (χ2v) is 6.05. The van der Waals surface area contributed by atoms with Crippen LogP contribution in [0.2, 0.25) is 0 Å². The van der Waals surface area contributed by atoms with Gasteiger partial charge in [-0.15, -0.1) is 0 Å². The third-order valence-electron chi connectivity index (χ3n) is 3.50. The number of nitro benzene ring substituents is 1. The number of esters is 1. The molecule has 1 aromatic carbocycles. The summed E-state index contributed by atoms with van der Waals surface area (Å²) in [6.45, 7) is 4.31. The Kier molecular flexibility index (Phi) is 5.01. The minimum atomic E-state index is -0.891. The van der Waals surface area contributed by atoms with Crippen molar-refractivity contribution in [2.75, 3.05) is 13.2 Å². The quantitative estimate of drug-likeness (QED) is 0.431. The number of nitro groups is 1. The topological polar surface area (TPSA) is 127 Å². The van der Waals surface area contributed by atoms with E-state index in [0.29, 0.717) is 24.8 Å². The van der Waals surface area contributed by atoms with Crippen LogP contribution in [0.5, 0.6) is 11.5 Å². The molecule has 3 rings (SSSR count). The summed E-state index contributed by atoms with van der Waals surface area (Å²) in [6.07, 6.45) is 0.630. The van der Waals surface area contributed by atoms with Crippen molar-refractivity contribution in [3.8, 4) is 11.5 Å². The van der Waals surface area contributed by atoms with Crippen LogP contribution in [0.1, 0.15) is 35.9 Å². The molecular formula is C16H17N3O7. The van der Waals surface area contributed by atoms with Crippen molar-refractivity contribution in [3.63, 3.8) is 0 Å². The lowest BCUT2D eigenvalue weighted by atomic mass is 10.1. The maximum Gasteiger partial charge on any atom is 0.345 e. The highest BCUT2D eigenvalue weighted by molar-refractivity contribution is 5.95. The van der Waals surface area contributed by atoms with E-state index in [1.54, 1.807) is 0 Å². The molecule has 1 aliphatic heterocycles. The molecule has 0 spiro atoms. The summed E-state index contributed by atoms with van der Waals surface area (Å²) in [6, 6.07) is 2.39. The van der Waals surface area contributed by atoms with Crippen molar-refractivity contribution in [1.29, 1.82) is 0 Å². The van der Waals surface area contributed by atoms with E-state index in [1.165, 1.54) is 6.07 Å². The maximum absolute atomic E-state index is 12.3. The molecule has 0 fully saturated rings. The van der Waals surface area contributed by atoms with Gasteiger partial charge in [0.15, 0.2) is 23.9 Å². The first-order valence-electron chi connectivity index (χ1n) is 8.00. The summed E-state index contributed by atoms with van der Waals surface area (Å²) >= 11 is 0. The number of fused-ring (bicyclic) bond motifs is 1. The van der Waals surface area contributed by atoms with E-state index in [9.17, 15) is 14.9 Å². The van der Waals surface area contributed by atoms with E-state index in [4.69, 9.17) is 18.7 Å². The summed E-state index contributed by atoms with van der Waals surface area (Å²) in [5.74, 6) is 0.562.